The Hall–Kier alpha value is -0.650. The number of nitrogens with one attached hydrogen (secondary N) is 1. The molecule has 2 aromatic rings. The van der Waals surface area contributed by atoms with Gasteiger partial charge in [0.2, 0.25) is 0 Å². The summed E-state index contributed by atoms with van der Waals surface area (Å²) >= 11 is 5.32. The molecule has 0 spiro atoms. The van der Waals surface area contributed by atoms with E-state index in [9.17, 15) is 0 Å². The van der Waals surface area contributed by atoms with Gasteiger partial charge in [-0.3, -0.25) is 4.68 Å². The molecule has 0 amide bonds. The second-order valence-electron chi connectivity index (χ2n) is 4.90. The van der Waals surface area contributed by atoms with E-state index in [-0.39, 0.29) is 0 Å². The van der Waals surface area contributed by atoms with Crippen LogP contribution in [0.25, 0.3) is 0 Å². The van der Waals surface area contributed by atoms with Crippen molar-refractivity contribution >= 4 is 27.3 Å². The van der Waals surface area contributed by atoms with Crippen LogP contribution < -0.4 is 5.32 Å². The summed E-state index contributed by atoms with van der Waals surface area (Å²) in [5.74, 6) is 0. The van der Waals surface area contributed by atoms with Crippen molar-refractivity contribution in [2.75, 3.05) is 7.05 Å². The highest BCUT2D eigenvalue weighted by Crippen LogP contribution is 2.22. The predicted octanol–water partition coefficient (Wildman–Crippen LogP) is 3.23. The molecule has 19 heavy (non-hydrogen) atoms. The fourth-order valence-corrected chi connectivity index (χ4v) is 3.87. The van der Waals surface area contributed by atoms with Gasteiger partial charge in [0.15, 0.2) is 0 Å². The molecule has 0 radical (unpaired) electrons. The third-order valence-electron chi connectivity index (χ3n) is 3.59. The van der Waals surface area contributed by atoms with Crippen molar-refractivity contribution in [1.29, 1.82) is 0 Å². The Morgan fingerprint density at radius 2 is 2.16 bits per heavy atom. The first-order valence-electron chi connectivity index (χ1n) is 6.40. The molecule has 1 unspecified atom stereocenters. The van der Waals surface area contributed by atoms with E-state index in [1.54, 1.807) is 0 Å². The van der Waals surface area contributed by atoms with Gasteiger partial charge in [0.05, 0.1) is 5.69 Å². The van der Waals surface area contributed by atoms with Crippen LogP contribution in [0.2, 0.25) is 0 Å². The fraction of sp³-hybridized carbons (Fsp3) is 0.500. The van der Waals surface area contributed by atoms with Crippen LogP contribution in [0.15, 0.2) is 15.9 Å². The van der Waals surface area contributed by atoms with Crippen LogP contribution in [0.3, 0.4) is 0 Å². The van der Waals surface area contributed by atoms with E-state index in [0.717, 1.165) is 18.5 Å². The number of aromatic nitrogens is 2. The SMILES string of the molecule is CNC(Cc1cc(Br)cs1)Cc1c(C)nn(C)c1C. The number of halogens is 1. The monoisotopic (exact) mass is 341 g/mol. The summed E-state index contributed by atoms with van der Waals surface area (Å²) in [5, 5.41) is 10.1. The van der Waals surface area contributed by atoms with E-state index in [2.05, 4.69) is 51.6 Å². The van der Waals surface area contributed by atoms with Gasteiger partial charge in [0, 0.05) is 33.5 Å². The maximum Gasteiger partial charge on any atom is 0.0628 e. The number of aryl methyl sites for hydroxylation is 2. The second-order valence-corrected chi connectivity index (χ2v) is 6.81. The Morgan fingerprint density at radius 3 is 2.63 bits per heavy atom. The summed E-state index contributed by atoms with van der Waals surface area (Å²) in [6.45, 7) is 4.24. The molecule has 1 N–H and O–H groups in total. The highest BCUT2D eigenvalue weighted by atomic mass is 79.9. The zero-order valence-electron chi connectivity index (χ0n) is 11.8. The molecular formula is C14H20BrN3S. The lowest BCUT2D eigenvalue weighted by Gasteiger charge is -2.15. The Morgan fingerprint density at radius 1 is 1.42 bits per heavy atom. The van der Waals surface area contributed by atoms with Crippen molar-refractivity contribution < 1.29 is 0 Å². The molecule has 2 aromatic heterocycles. The van der Waals surface area contributed by atoms with E-state index >= 15 is 0 Å². The van der Waals surface area contributed by atoms with Crippen molar-refractivity contribution in [2.45, 2.75) is 32.7 Å². The standard InChI is InChI=1S/C14H20BrN3S/c1-9-14(10(2)18(4)17-9)7-12(16-3)6-13-5-11(15)8-19-13/h5,8,12,16H,6-7H2,1-4H3. The molecule has 0 saturated heterocycles. The lowest BCUT2D eigenvalue weighted by molar-refractivity contribution is 0.557. The van der Waals surface area contributed by atoms with Crippen molar-refractivity contribution in [3.05, 3.63) is 37.7 Å². The predicted molar refractivity (Wildman–Crippen MR) is 85.0 cm³/mol. The average molecular weight is 342 g/mol. The molecule has 0 aliphatic carbocycles. The maximum absolute atomic E-state index is 4.49. The molecule has 0 bridgehead atoms. The van der Waals surface area contributed by atoms with Gasteiger partial charge in [-0.1, -0.05) is 0 Å². The zero-order valence-corrected chi connectivity index (χ0v) is 14.2. The lowest BCUT2D eigenvalue weighted by atomic mass is 10.0. The first kappa shape index (κ1) is 14.8. The molecule has 0 aliphatic rings. The third-order valence-corrected chi connectivity index (χ3v) is 5.31. The minimum atomic E-state index is 0.451. The van der Waals surface area contributed by atoms with Gasteiger partial charge in [-0.15, -0.1) is 11.3 Å². The summed E-state index contributed by atoms with van der Waals surface area (Å²) in [4.78, 5) is 1.41. The molecule has 1 atom stereocenters. The molecule has 5 heteroatoms. The highest BCUT2D eigenvalue weighted by molar-refractivity contribution is 9.10. The van der Waals surface area contributed by atoms with Crippen molar-refractivity contribution in [2.24, 2.45) is 7.05 Å². The molecular weight excluding hydrogens is 322 g/mol. The van der Waals surface area contributed by atoms with E-state index in [4.69, 9.17) is 0 Å². The van der Waals surface area contributed by atoms with E-state index in [0.29, 0.717) is 6.04 Å². The molecule has 2 rings (SSSR count). The molecule has 0 fully saturated rings. The lowest BCUT2D eigenvalue weighted by Crippen LogP contribution is -2.30. The molecule has 3 nitrogen and oxygen atoms in total. The third kappa shape index (κ3) is 3.46. The quantitative estimate of drug-likeness (QED) is 0.904. The molecule has 0 saturated carbocycles. The summed E-state index contributed by atoms with van der Waals surface area (Å²) < 4.78 is 3.15. The average Bonchev–Trinajstić information content (AvgIpc) is 2.87. The van der Waals surface area contributed by atoms with Gasteiger partial charge in [0.25, 0.3) is 0 Å². The number of nitrogens with zero attached hydrogens (tertiary/aromatic N) is 2. The fourth-order valence-electron chi connectivity index (χ4n) is 2.34. The van der Waals surface area contributed by atoms with E-state index in [1.807, 2.05) is 30.1 Å². The van der Waals surface area contributed by atoms with Crippen LogP contribution in [0.5, 0.6) is 0 Å². The van der Waals surface area contributed by atoms with Crippen LogP contribution in [0, 0.1) is 13.8 Å². The second kappa shape index (κ2) is 6.20. The Labute approximate surface area is 127 Å². The van der Waals surface area contributed by atoms with Crippen molar-refractivity contribution in [1.82, 2.24) is 15.1 Å². The normalized spacial score (nSPS) is 12.9. The van der Waals surface area contributed by atoms with Crippen LogP contribution in [0.1, 0.15) is 21.8 Å². The van der Waals surface area contributed by atoms with E-state index in [1.165, 1.54) is 20.6 Å². The van der Waals surface area contributed by atoms with Crippen LogP contribution in [0.4, 0.5) is 0 Å². The minimum Gasteiger partial charge on any atom is -0.316 e. The first-order chi connectivity index (χ1) is 9.01. The Kier molecular flexibility index (Phi) is 4.81. The number of likely N-dealkylation sites (N-methyl/N-ethyl adjacent to an activating group) is 1. The number of hydrogen-bond acceptors (Lipinski definition) is 3. The summed E-state index contributed by atoms with van der Waals surface area (Å²) in [6, 6.07) is 2.66. The first-order valence-corrected chi connectivity index (χ1v) is 8.07. The smallest absolute Gasteiger partial charge is 0.0628 e. The largest absolute Gasteiger partial charge is 0.316 e. The van der Waals surface area contributed by atoms with Gasteiger partial charge < -0.3 is 5.32 Å². The highest BCUT2D eigenvalue weighted by Gasteiger charge is 2.16. The molecule has 104 valence electrons. The maximum atomic E-state index is 4.49. The van der Waals surface area contributed by atoms with Gasteiger partial charge in [-0.2, -0.15) is 5.10 Å². The van der Waals surface area contributed by atoms with Crippen LogP contribution in [-0.2, 0) is 19.9 Å². The number of thiophene rings is 1. The van der Waals surface area contributed by atoms with Gasteiger partial charge in [0.1, 0.15) is 0 Å². The minimum absolute atomic E-state index is 0.451. The topological polar surface area (TPSA) is 29.9 Å². The molecule has 2 heterocycles. The van der Waals surface area contributed by atoms with Crippen molar-refractivity contribution in [3.8, 4) is 0 Å². The Bertz CT molecular complexity index is 559. The summed E-state index contributed by atoms with van der Waals surface area (Å²) in [5.41, 5.74) is 3.79. The van der Waals surface area contributed by atoms with Gasteiger partial charge in [-0.25, -0.2) is 0 Å². The summed E-state index contributed by atoms with van der Waals surface area (Å²) in [6.07, 6.45) is 2.08. The van der Waals surface area contributed by atoms with Gasteiger partial charge >= 0.3 is 0 Å². The summed E-state index contributed by atoms with van der Waals surface area (Å²) in [7, 11) is 4.05. The molecule has 0 aromatic carbocycles. The van der Waals surface area contributed by atoms with Crippen LogP contribution >= 0.6 is 27.3 Å². The zero-order chi connectivity index (χ0) is 14.0. The van der Waals surface area contributed by atoms with Crippen molar-refractivity contribution in [3.63, 3.8) is 0 Å². The number of hydrogen-bond donors (Lipinski definition) is 1. The van der Waals surface area contributed by atoms with Gasteiger partial charge in [-0.05, 0) is 61.3 Å². The molecule has 0 aliphatic heterocycles. The number of rotatable bonds is 5. The van der Waals surface area contributed by atoms with Crippen LogP contribution in [-0.4, -0.2) is 22.9 Å². The Balaban J connectivity index is 2.10. The van der Waals surface area contributed by atoms with E-state index < -0.39 is 0 Å².